The van der Waals surface area contributed by atoms with Crippen molar-refractivity contribution < 1.29 is 14.3 Å². The molecule has 2 atom stereocenters. The molecule has 26 heavy (non-hydrogen) atoms. The van der Waals surface area contributed by atoms with Crippen molar-refractivity contribution in [2.75, 3.05) is 20.2 Å². The molecule has 5 nitrogen and oxygen atoms in total. The van der Waals surface area contributed by atoms with Crippen LogP contribution in [0.3, 0.4) is 0 Å². The maximum absolute atomic E-state index is 12.2. The topological polar surface area (TPSA) is 58.6 Å². The highest BCUT2D eigenvalue weighted by Crippen LogP contribution is 2.45. The minimum Gasteiger partial charge on any atom is -0.453 e. The molecule has 2 unspecified atom stereocenters. The maximum atomic E-state index is 12.2. The van der Waals surface area contributed by atoms with Crippen molar-refractivity contribution in [2.24, 2.45) is 17.8 Å². The molecule has 0 spiro atoms. The van der Waals surface area contributed by atoms with Gasteiger partial charge in [-0.1, -0.05) is 50.2 Å². The van der Waals surface area contributed by atoms with Crippen molar-refractivity contribution in [2.45, 2.75) is 45.6 Å². The third kappa shape index (κ3) is 5.75. The normalized spacial score (nSPS) is 27.9. The summed E-state index contributed by atoms with van der Waals surface area (Å²) in [4.78, 5) is 25.3. The number of nitrogens with one attached hydrogen (secondary N) is 1. The van der Waals surface area contributed by atoms with Crippen LogP contribution < -0.4 is 5.32 Å². The van der Waals surface area contributed by atoms with Gasteiger partial charge in [-0.3, -0.25) is 4.79 Å². The van der Waals surface area contributed by atoms with Crippen LogP contribution in [0.4, 0.5) is 4.79 Å². The largest absolute Gasteiger partial charge is 0.453 e. The minimum absolute atomic E-state index is 0.113. The van der Waals surface area contributed by atoms with E-state index in [2.05, 4.69) is 10.1 Å². The zero-order valence-corrected chi connectivity index (χ0v) is 16.2. The maximum Gasteiger partial charge on any atom is 0.407 e. The molecule has 2 saturated carbocycles. The second kappa shape index (κ2) is 10.2. The average Bonchev–Trinajstić information content (AvgIpc) is 3.46. The molecule has 5 heteroatoms. The van der Waals surface area contributed by atoms with E-state index in [4.69, 9.17) is 0 Å². The first kappa shape index (κ1) is 20.3. The van der Waals surface area contributed by atoms with Crippen LogP contribution in [-0.4, -0.2) is 43.1 Å². The van der Waals surface area contributed by atoms with Gasteiger partial charge in [0.15, 0.2) is 0 Å². The smallest absolute Gasteiger partial charge is 0.407 e. The first-order chi connectivity index (χ1) is 12.7. The molecule has 3 aliphatic rings. The molecule has 1 N–H and O–H groups in total. The lowest BCUT2D eigenvalue weighted by atomic mass is 9.79. The summed E-state index contributed by atoms with van der Waals surface area (Å²) >= 11 is 0. The first-order valence-electron chi connectivity index (χ1n) is 9.80. The Morgan fingerprint density at radius 3 is 2.04 bits per heavy atom. The Hall–Kier alpha value is -2.04. The van der Waals surface area contributed by atoms with Crippen LogP contribution in [0.1, 0.15) is 39.5 Å². The molecule has 1 aromatic carbocycles. The predicted octanol–water partition coefficient (Wildman–Crippen LogP) is 3.70. The lowest BCUT2D eigenvalue weighted by Gasteiger charge is -2.38. The number of piperidine rings is 1. The number of hydrogen-bond donors (Lipinski definition) is 1. The summed E-state index contributed by atoms with van der Waals surface area (Å²) in [5.74, 6) is 2.10. The van der Waals surface area contributed by atoms with Gasteiger partial charge in [-0.2, -0.15) is 0 Å². The van der Waals surface area contributed by atoms with E-state index in [0.29, 0.717) is 5.91 Å². The monoisotopic (exact) mass is 360 g/mol. The van der Waals surface area contributed by atoms with Crippen molar-refractivity contribution in [1.82, 2.24) is 10.2 Å². The summed E-state index contributed by atoms with van der Waals surface area (Å²) in [7, 11) is 1.36. The fraction of sp³-hybridized carbons (Fsp3) is 0.619. The van der Waals surface area contributed by atoms with Gasteiger partial charge >= 0.3 is 6.09 Å². The molecule has 0 bridgehead atoms. The molecular formula is C21H32N2O3. The number of alkyl carbamates (subject to hydrolysis) is 1. The third-order valence-corrected chi connectivity index (χ3v) is 5.27. The van der Waals surface area contributed by atoms with Gasteiger partial charge in [0.05, 0.1) is 7.11 Å². The van der Waals surface area contributed by atoms with Crippen LogP contribution in [-0.2, 0) is 9.53 Å². The Morgan fingerprint density at radius 2 is 1.54 bits per heavy atom. The molecule has 2 aliphatic carbocycles. The molecule has 1 aromatic rings. The van der Waals surface area contributed by atoms with Crippen molar-refractivity contribution in [3.8, 4) is 0 Å². The number of benzene rings is 1. The van der Waals surface area contributed by atoms with Crippen molar-refractivity contribution in [3.05, 3.63) is 36.4 Å². The highest BCUT2D eigenvalue weighted by molar-refractivity contribution is 5.80. The Bertz CT molecular complexity index is 531. The van der Waals surface area contributed by atoms with Crippen LogP contribution in [0.15, 0.2) is 36.4 Å². The number of carbonyl (C=O) groups excluding carboxylic acids is 2. The lowest BCUT2D eigenvalue weighted by molar-refractivity contribution is -0.140. The summed E-state index contributed by atoms with van der Waals surface area (Å²) in [6, 6.07) is 12.1. The molecule has 3 fully saturated rings. The molecule has 1 saturated heterocycles. The summed E-state index contributed by atoms with van der Waals surface area (Å²) in [5.41, 5.74) is 0. The molecule has 1 heterocycles. The Balaban J connectivity index is 0.000000256. The average molecular weight is 360 g/mol. The van der Waals surface area contributed by atoms with Crippen LogP contribution in [0.2, 0.25) is 0 Å². The molecular weight excluding hydrogens is 328 g/mol. The van der Waals surface area contributed by atoms with Gasteiger partial charge in [0.1, 0.15) is 0 Å². The Morgan fingerprint density at radius 1 is 0.962 bits per heavy atom. The highest BCUT2D eigenvalue weighted by atomic mass is 16.5. The Kier molecular flexibility index (Phi) is 7.95. The number of nitrogens with zero attached hydrogens (tertiary/aromatic N) is 1. The summed E-state index contributed by atoms with van der Waals surface area (Å²) in [6.07, 6.45) is 3.63. The van der Waals surface area contributed by atoms with Crippen molar-refractivity contribution >= 4 is 12.0 Å². The molecule has 0 aromatic heterocycles. The fourth-order valence-electron chi connectivity index (χ4n) is 3.59. The van der Waals surface area contributed by atoms with E-state index in [1.165, 1.54) is 20.0 Å². The van der Waals surface area contributed by atoms with Crippen molar-refractivity contribution in [1.29, 1.82) is 0 Å². The van der Waals surface area contributed by atoms with Crippen LogP contribution in [0.5, 0.6) is 0 Å². The van der Waals surface area contributed by atoms with Gasteiger partial charge in [-0.15, -0.1) is 0 Å². The number of amides is 2. The van der Waals surface area contributed by atoms with Gasteiger partial charge in [0, 0.05) is 25.0 Å². The van der Waals surface area contributed by atoms with Crippen molar-refractivity contribution in [3.63, 3.8) is 0 Å². The van der Waals surface area contributed by atoms with Crippen LogP contribution in [0.25, 0.3) is 0 Å². The second-order valence-electron chi connectivity index (χ2n) is 6.98. The number of hydrogen-bond acceptors (Lipinski definition) is 3. The van der Waals surface area contributed by atoms with E-state index in [-0.39, 0.29) is 12.0 Å². The van der Waals surface area contributed by atoms with Gasteiger partial charge in [0.25, 0.3) is 0 Å². The number of carbonyl (C=O) groups is 2. The van der Waals surface area contributed by atoms with E-state index in [1.54, 1.807) is 0 Å². The lowest BCUT2D eigenvalue weighted by Crippen LogP contribution is -2.51. The fourth-order valence-corrected chi connectivity index (χ4v) is 3.59. The third-order valence-electron chi connectivity index (χ3n) is 5.27. The molecule has 2 amide bonds. The number of methoxy groups -OCH3 is 1. The first-order valence-corrected chi connectivity index (χ1v) is 9.80. The quantitative estimate of drug-likeness (QED) is 0.875. The number of fused-ring (bicyclic) bond motifs is 1. The summed E-state index contributed by atoms with van der Waals surface area (Å²) < 4.78 is 4.54. The molecule has 144 valence electrons. The Labute approximate surface area is 157 Å². The van der Waals surface area contributed by atoms with E-state index < -0.39 is 6.09 Å². The molecule has 4 rings (SSSR count). The van der Waals surface area contributed by atoms with Gasteiger partial charge in [-0.25, -0.2) is 4.79 Å². The summed E-state index contributed by atoms with van der Waals surface area (Å²) in [6.45, 7) is 5.90. The highest BCUT2D eigenvalue weighted by Gasteiger charge is 2.45. The van der Waals surface area contributed by atoms with Gasteiger partial charge in [-0.05, 0) is 37.5 Å². The SMILES string of the molecule is CC.COC(=O)NC1CC(C(=O)N2CCC3CC3C2)C1.c1ccccc1. The standard InChI is InChI=1S/C13H20N2O3.C6H6.C2H6/c1-18-13(17)14-11-5-9(6-11)12(16)15-3-2-8-4-10(8)7-15;1-2-4-6-5-3-1;1-2/h8-11H,2-7H2,1H3,(H,14,17);1-6H;1-2H3. The van der Waals surface area contributed by atoms with Crippen LogP contribution in [0, 0.1) is 17.8 Å². The van der Waals surface area contributed by atoms with E-state index in [0.717, 1.165) is 37.8 Å². The zero-order valence-electron chi connectivity index (χ0n) is 16.2. The molecule has 0 radical (unpaired) electrons. The number of ether oxygens (including phenoxy) is 1. The minimum atomic E-state index is -0.398. The van der Waals surface area contributed by atoms with E-state index in [9.17, 15) is 9.59 Å². The number of likely N-dealkylation sites (tertiary alicyclic amines) is 1. The summed E-state index contributed by atoms with van der Waals surface area (Å²) in [5, 5.41) is 2.74. The van der Waals surface area contributed by atoms with Crippen LogP contribution >= 0.6 is 0 Å². The zero-order chi connectivity index (χ0) is 18.9. The second-order valence-corrected chi connectivity index (χ2v) is 6.98. The van der Waals surface area contributed by atoms with Gasteiger partial charge in [0.2, 0.25) is 5.91 Å². The van der Waals surface area contributed by atoms with E-state index in [1.807, 2.05) is 55.1 Å². The predicted molar refractivity (Wildman–Crippen MR) is 103 cm³/mol. The van der Waals surface area contributed by atoms with E-state index >= 15 is 0 Å². The van der Waals surface area contributed by atoms with Gasteiger partial charge < -0.3 is 15.0 Å². The number of rotatable bonds is 2. The molecule has 1 aliphatic heterocycles.